The highest BCUT2D eigenvalue weighted by Gasteiger charge is 2.48. The lowest BCUT2D eigenvalue weighted by molar-refractivity contribution is 0.332. The van der Waals surface area contributed by atoms with Gasteiger partial charge in [-0.2, -0.15) is 0 Å². The normalized spacial score (nSPS) is 18.5. The summed E-state index contributed by atoms with van der Waals surface area (Å²) in [5.74, 6) is 0. The Balaban J connectivity index is 1.34. The van der Waals surface area contributed by atoms with Gasteiger partial charge >= 0.3 is 0 Å². The summed E-state index contributed by atoms with van der Waals surface area (Å²) < 4.78 is 0. The summed E-state index contributed by atoms with van der Waals surface area (Å²) in [5.41, 5.74) is 26.1. The molecular weight excluding hydrogens is 808 g/mol. The largest absolute Gasteiger partial charge is 0.311 e. The van der Waals surface area contributed by atoms with Gasteiger partial charge in [-0.05, 0) is 179 Å². The van der Waals surface area contributed by atoms with Crippen molar-refractivity contribution < 1.29 is 0 Å². The van der Waals surface area contributed by atoms with Crippen LogP contribution in [0.4, 0.5) is 34.1 Å². The summed E-state index contributed by atoms with van der Waals surface area (Å²) in [6, 6.07) is 42.1. The molecule has 2 aliphatic heterocycles. The van der Waals surface area contributed by atoms with Crippen LogP contribution >= 0.6 is 0 Å². The summed E-state index contributed by atoms with van der Waals surface area (Å²) >= 11 is 0. The van der Waals surface area contributed by atoms with E-state index in [1.165, 1.54) is 119 Å². The number of fused-ring (bicyclic) bond motifs is 6. The molecule has 4 aliphatic rings. The Morgan fingerprint density at radius 1 is 0.433 bits per heavy atom. The molecule has 67 heavy (non-hydrogen) atoms. The molecular formula is C64H77BN2. The third kappa shape index (κ3) is 7.26. The lowest BCUT2D eigenvalue weighted by Gasteiger charge is -2.48. The predicted octanol–water partition coefficient (Wildman–Crippen LogP) is 15.9. The third-order valence-electron chi connectivity index (χ3n) is 16.8. The molecule has 0 unspecified atom stereocenters. The first-order valence-corrected chi connectivity index (χ1v) is 25.5. The van der Waals surface area contributed by atoms with Crippen LogP contribution in [0.25, 0.3) is 11.1 Å². The zero-order valence-corrected chi connectivity index (χ0v) is 44.4. The van der Waals surface area contributed by atoms with Crippen molar-refractivity contribution in [3.63, 3.8) is 0 Å². The van der Waals surface area contributed by atoms with E-state index in [2.05, 4.69) is 238 Å². The zero-order chi connectivity index (χ0) is 48.3. The smallest absolute Gasteiger partial charge is 0.252 e. The first-order valence-electron chi connectivity index (χ1n) is 25.5. The van der Waals surface area contributed by atoms with Gasteiger partial charge in [0.1, 0.15) is 0 Å². The Bertz CT molecular complexity index is 3020. The maximum atomic E-state index is 2.72. The summed E-state index contributed by atoms with van der Waals surface area (Å²) in [5, 5.41) is 0. The average molecular weight is 885 g/mol. The minimum atomic E-state index is -0.0228. The number of anilines is 6. The highest BCUT2D eigenvalue weighted by molar-refractivity contribution is 7.00. The first kappa shape index (κ1) is 45.8. The van der Waals surface area contributed by atoms with Crippen molar-refractivity contribution >= 4 is 57.2 Å². The van der Waals surface area contributed by atoms with Gasteiger partial charge in [-0.3, -0.25) is 0 Å². The summed E-state index contributed by atoms with van der Waals surface area (Å²) in [6.45, 7) is 43.2. The topological polar surface area (TPSA) is 6.48 Å². The molecule has 0 N–H and O–H groups in total. The van der Waals surface area contributed by atoms with E-state index in [-0.39, 0.29) is 44.6 Å². The van der Waals surface area contributed by atoms with Crippen LogP contribution in [-0.4, -0.2) is 6.71 Å². The van der Waals surface area contributed by atoms with Gasteiger partial charge in [0.2, 0.25) is 0 Å². The third-order valence-corrected chi connectivity index (χ3v) is 16.8. The fraction of sp³-hybridized carbons (Fsp3) is 0.438. The second-order valence-corrected chi connectivity index (χ2v) is 27.1. The molecule has 346 valence electrons. The maximum Gasteiger partial charge on any atom is 0.252 e. The minimum absolute atomic E-state index is 0.00397. The molecule has 0 radical (unpaired) electrons. The lowest BCUT2D eigenvalue weighted by atomic mass is 9.33. The Kier molecular flexibility index (Phi) is 9.91. The minimum Gasteiger partial charge on any atom is -0.311 e. The quantitative estimate of drug-likeness (QED) is 0.163. The zero-order valence-electron chi connectivity index (χ0n) is 44.4. The SMILES string of the molecule is Cc1cc2c3c(c1)N(c1ccc(C(C)(C)C)cc1-c1ccc4c(c1)C(C)(C)CC4(C)C)c1cc4c(cc1B3c1ccc(C(C)(C)C)cc1N2c1cccc(C(C)(C)C)c1)C(C)(C)CCC4(C)C. The van der Waals surface area contributed by atoms with E-state index < -0.39 is 0 Å². The Morgan fingerprint density at radius 3 is 1.61 bits per heavy atom. The monoisotopic (exact) mass is 885 g/mol. The van der Waals surface area contributed by atoms with Crippen molar-refractivity contribution in [2.45, 2.75) is 182 Å². The van der Waals surface area contributed by atoms with Crippen LogP contribution in [0.1, 0.15) is 181 Å². The molecule has 6 aromatic carbocycles. The van der Waals surface area contributed by atoms with Gasteiger partial charge in [-0.15, -0.1) is 0 Å². The highest BCUT2D eigenvalue weighted by Crippen LogP contribution is 2.54. The van der Waals surface area contributed by atoms with Crippen LogP contribution in [0.3, 0.4) is 0 Å². The van der Waals surface area contributed by atoms with Gasteiger partial charge in [0, 0.05) is 34.0 Å². The van der Waals surface area contributed by atoms with Gasteiger partial charge in [0.05, 0.1) is 5.69 Å². The maximum absolute atomic E-state index is 2.72. The van der Waals surface area contributed by atoms with Gasteiger partial charge in [-0.1, -0.05) is 172 Å². The van der Waals surface area contributed by atoms with Crippen LogP contribution in [0.2, 0.25) is 0 Å². The van der Waals surface area contributed by atoms with Crippen molar-refractivity contribution in [1.29, 1.82) is 0 Å². The molecule has 0 bridgehead atoms. The number of benzene rings is 6. The standard InChI is InChI=1S/C64H77BN2/c1-39-30-55-57-56(31-39)67(52-27-24-42(59(5,6)7)34-45(52)40-22-25-46-47(32-40)64(17,18)38-63(46,15)16)54-37-49-48(61(11,12)28-29-62(49,13)14)36-51(54)65(57)50-26-23-43(60(8,9)10)35-53(50)66(55)44-21-19-20-41(33-44)58(2,3)4/h19-27,30-37H,28-29,38H2,1-18H3. The van der Waals surface area contributed by atoms with E-state index in [0.717, 1.165) is 6.42 Å². The second kappa shape index (κ2) is 14.5. The van der Waals surface area contributed by atoms with E-state index in [9.17, 15) is 0 Å². The van der Waals surface area contributed by atoms with E-state index in [0.29, 0.717) is 0 Å². The van der Waals surface area contributed by atoms with E-state index in [1.54, 1.807) is 0 Å². The van der Waals surface area contributed by atoms with Gasteiger partial charge in [-0.25, -0.2) is 0 Å². The molecule has 2 heterocycles. The molecule has 0 aromatic heterocycles. The molecule has 0 spiro atoms. The van der Waals surface area contributed by atoms with E-state index in [4.69, 9.17) is 0 Å². The van der Waals surface area contributed by atoms with Crippen molar-refractivity contribution in [2.75, 3.05) is 9.80 Å². The number of rotatable bonds is 3. The number of nitrogens with zero attached hydrogens (tertiary/aromatic N) is 2. The Hall–Kier alpha value is -5.02. The molecule has 6 aromatic rings. The van der Waals surface area contributed by atoms with Gasteiger partial charge in [0.25, 0.3) is 6.71 Å². The van der Waals surface area contributed by atoms with E-state index >= 15 is 0 Å². The predicted molar refractivity (Wildman–Crippen MR) is 293 cm³/mol. The Labute approximate surface area is 405 Å². The van der Waals surface area contributed by atoms with Crippen molar-refractivity contribution in [3.05, 3.63) is 148 Å². The number of aryl methyl sites for hydroxylation is 1. The fourth-order valence-electron chi connectivity index (χ4n) is 12.9. The summed E-state index contributed by atoms with van der Waals surface area (Å²) in [7, 11) is 0. The molecule has 3 heteroatoms. The summed E-state index contributed by atoms with van der Waals surface area (Å²) in [6.07, 6.45) is 3.49. The fourth-order valence-corrected chi connectivity index (χ4v) is 12.9. The van der Waals surface area contributed by atoms with Crippen LogP contribution in [0.15, 0.2) is 103 Å². The molecule has 0 amide bonds. The molecule has 0 atom stereocenters. The van der Waals surface area contributed by atoms with Crippen LogP contribution in [-0.2, 0) is 37.9 Å². The van der Waals surface area contributed by atoms with Crippen molar-refractivity contribution in [3.8, 4) is 11.1 Å². The molecule has 0 saturated carbocycles. The van der Waals surface area contributed by atoms with Gasteiger partial charge in [0.15, 0.2) is 0 Å². The first-order chi connectivity index (χ1) is 31.0. The molecule has 2 aliphatic carbocycles. The Morgan fingerprint density at radius 2 is 0.970 bits per heavy atom. The lowest BCUT2D eigenvalue weighted by Crippen LogP contribution is -2.62. The van der Waals surface area contributed by atoms with Crippen LogP contribution in [0.5, 0.6) is 0 Å². The molecule has 10 rings (SSSR count). The summed E-state index contributed by atoms with van der Waals surface area (Å²) in [4.78, 5) is 5.35. The van der Waals surface area contributed by atoms with E-state index in [1.807, 2.05) is 0 Å². The number of hydrogen-bond acceptors (Lipinski definition) is 2. The molecule has 0 fully saturated rings. The highest BCUT2D eigenvalue weighted by atomic mass is 15.2. The second-order valence-electron chi connectivity index (χ2n) is 27.1. The van der Waals surface area contributed by atoms with Crippen molar-refractivity contribution in [2.24, 2.45) is 0 Å². The van der Waals surface area contributed by atoms with Crippen LogP contribution in [0, 0.1) is 6.92 Å². The number of hydrogen-bond donors (Lipinski definition) is 0. The average Bonchev–Trinajstić information content (AvgIpc) is 3.42. The molecule has 0 saturated heterocycles. The molecule has 2 nitrogen and oxygen atoms in total. The van der Waals surface area contributed by atoms with Crippen molar-refractivity contribution in [1.82, 2.24) is 0 Å². The van der Waals surface area contributed by atoms with Crippen LogP contribution < -0.4 is 26.2 Å². The van der Waals surface area contributed by atoms with Gasteiger partial charge < -0.3 is 9.80 Å².